The second-order valence-corrected chi connectivity index (χ2v) is 4.88. The van der Waals surface area contributed by atoms with Crippen molar-refractivity contribution in [3.63, 3.8) is 0 Å². The highest BCUT2D eigenvalue weighted by Crippen LogP contribution is 2.24. The molecule has 4 heteroatoms. The molecule has 0 radical (unpaired) electrons. The summed E-state index contributed by atoms with van der Waals surface area (Å²) < 4.78 is 0.852. The Kier molecular flexibility index (Phi) is 4.62. The molecule has 0 aromatic carbocycles. The molecule has 0 aromatic heterocycles. The van der Waals surface area contributed by atoms with Crippen LogP contribution in [0.3, 0.4) is 0 Å². The average molecular weight is 262 g/mol. The zero-order chi connectivity index (χ0) is 10.6. The molecule has 1 aliphatic rings. The van der Waals surface area contributed by atoms with E-state index in [0.29, 0.717) is 12.6 Å². The lowest BCUT2D eigenvalue weighted by molar-refractivity contribution is -0.138. The maximum atomic E-state index is 10.7. The van der Waals surface area contributed by atoms with Crippen LogP contribution in [0.2, 0.25) is 0 Å². The molecular formula is C10H16BrNO2. The van der Waals surface area contributed by atoms with Crippen molar-refractivity contribution in [1.82, 2.24) is 4.90 Å². The van der Waals surface area contributed by atoms with Crippen LogP contribution in [0.15, 0.2) is 11.1 Å². The molecule has 0 amide bonds. The molecule has 0 heterocycles. The van der Waals surface area contributed by atoms with E-state index in [1.807, 2.05) is 4.90 Å². The number of halogens is 1. The number of carbonyl (C=O) groups is 1. The highest BCUT2D eigenvalue weighted by molar-refractivity contribution is 9.11. The fourth-order valence-corrected chi connectivity index (χ4v) is 2.30. The highest BCUT2D eigenvalue weighted by Gasteiger charge is 2.24. The topological polar surface area (TPSA) is 40.5 Å². The van der Waals surface area contributed by atoms with Gasteiger partial charge in [-0.2, -0.15) is 0 Å². The van der Waals surface area contributed by atoms with Gasteiger partial charge in [-0.1, -0.05) is 35.4 Å². The van der Waals surface area contributed by atoms with Crippen molar-refractivity contribution in [2.24, 2.45) is 0 Å². The third kappa shape index (κ3) is 3.80. The molecule has 3 nitrogen and oxygen atoms in total. The van der Waals surface area contributed by atoms with Gasteiger partial charge in [-0.15, -0.1) is 0 Å². The molecule has 1 rings (SSSR count). The average Bonchev–Trinajstić information content (AvgIpc) is 2.52. The molecule has 0 saturated heterocycles. The Hall–Kier alpha value is -0.350. The van der Waals surface area contributed by atoms with E-state index in [1.54, 1.807) is 0 Å². The van der Waals surface area contributed by atoms with Gasteiger partial charge in [0.2, 0.25) is 0 Å². The molecule has 14 heavy (non-hydrogen) atoms. The lowest BCUT2D eigenvalue weighted by Gasteiger charge is -2.26. The first-order valence-electron chi connectivity index (χ1n) is 4.88. The molecule has 0 atom stereocenters. The normalized spacial score (nSPS) is 17.6. The molecule has 0 unspecified atom stereocenters. The molecule has 80 valence electrons. The van der Waals surface area contributed by atoms with Crippen LogP contribution < -0.4 is 0 Å². The largest absolute Gasteiger partial charge is 0.480 e. The van der Waals surface area contributed by atoms with Crippen LogP contribution in [0.1, 0.15) is 25.7 Å². The minimum atomic E-state index is -0.759. The van der Waals surface area contributed by atoms with Crippen LogP contribution in [0, 0.1) is 0 Å². The summed E-state index contributed by atoms with van der Waals surface area (Å²) in [6.45, 7) is 4.51. The summed E-state index contributed by atoms with van der Waals surface area (Å²) in [5.41, 5.74) is 0. The van der Waals surface area contributed by atoms with Crippen LogP contribution >= 0.6 is 15.9 Å². The van der Waals surface area contributed by atoms with Crippen molar-refractivity contribution in [1.29, 1.82) is 0 Å². The Morgan fingerprint density at radius 2 is 2.00 bits per heavy atom. The molecule has 1 saturated carbocycles. The van der Waals surface area contributed by atoms with E-state index in [9.17, 15) is 4.79 Å². The number of carboxylic acid groups (broad SMARTS) is 1. The van der Waals surface area contributed by atoms with Gasteiger partial charge in [-0.25, -0.2) is 0 Å². The second kappa shape index (κ2) is 5.51. The molecule has 0 bridgehead atoms. The van der Waals surface area contributed by atoms with Gasteiger partial charge in [0.05, 0.1) is 6.54 Å². The van der Waals surface area contributed by atoms with E-state index >= 15 is 0 Å². The van der Waals surface area contributed by atoms with Gasteiger partial charge in [0.25, 0.3) is 0 Å². The summed E-state index contributed by atoms with van der Waals surface area (Å²) in [7, 11) is 0. The third-order valence-corrected chi connectivity index (χ3v) is 2.80. The van der Waals surface area contributed by atoms with Crippen molar-refractivity contribution in [3.8, 4) is 0 Å². The number of rotatable bonds is 5. The lowest BCUT2D eigenvalue weighted by atomic mass is 10.2. The van der Waals surface area contributed by atoms with Crippen LogP contribution in [-0.2, 0) is 4.79 Å². The van der Waals surface area contributed by atoms with Crippen LogP contribution in [0.4, 0.5) is 0 Å². The Balaban J connectivity index is 2.50. The lowest BCUT2D eigenvalue weighted by Crippen LogP contribution is -2.38. The fourth-order valence-electron chi connectivity index (χ4n) is 1.98. The van der Waals surface area contributed by atoms with Gasteiger partial charge in [0, 0.05) is 17.1 Å². The van der Waals surface area contributed by atoms with Gasteiger partial charge in [-0.05, 0) is 12.8 Å². The fraction of sp³-hybridized carbons (Fsp3) is 0.700. The van der Waals surface area contributed by atoms with E-state index < -0.39 is 5.97 Å². The van der Waals surface area contributed by atoms with Gasteiger partial charge < -0.3 is 5.11 Å². The highest BCUT2D eigenvalue weighted by atomic mass is 79.9. The zero-order valence-corrected chi connectivity index (χ0v) is 9.79. The molecule has 1 aliphatic carbocycles. The first-order chi connectivity index (χ1) is 6.59. The van der Waals surface area contributed by atoms with E-state index in [4.69, 9.17) is 5.11 Å². The molecule has 0 aromatic rings. The Labute approximate surface area is 92.9 Å². The summed E-state index contributed by atoms with van der Waals surface area (Å²) in [4.78, 5) is 12.7. The standard InChI is InChI=1S/C10H16BrNO2/c1-8(11)6-12(7-10(13)14)9-4-2-3-5-9/h9H,1-7H2,(H,13,14). The Morgan fingerprint density at radius 1 is 1.43 bits per heavy atom. The molecular weight excluding hydrogens is 246 g/mol. The number of hydrogen-bond acceptors (Lipinski definition) is 2. The first kappa shape index (κ1) is 11.7. The van der Waals surface area contributed by atoms with Crippen LogP contribution in [0.5, 0.6) is 0 Å². The summed E-state index contributed by atoms with van der Waals surface area (Å²) in [5, 5.41) is 8.77. The predicted octanol–water partition coefficient (Wildman–Crippen LogP) is 2.22. The zero-order valence-electron chi connectivity index (χ0n) is 8.21. The van der Waals surface area contributed by atoms with Crippen molar-refractivity contribution < 1.29 is 9.90 Å². The van der Waals surface area contributed by atoms with E-state index in [1.165, 1.54) is 12.8 Å². The smallest absolute Gasteiger partial charge is 0.317 e. The van der Waals surface area contributed by atoms with Crippen molar-refractivity contribution in [3.05, 3.63) is 11.1 Å². The predicted molar refractivity (Wildman–Crippen MR) is 59.5 cm³/mol. The van der Waals surface area contributed by atoms with Gasteiger partial charge >= 0.3 is 5.97 Å². The van der Waals surface area contributed by atoms with Crippen LogP contribution in [-0.4, -0.2) is 35.1 Å². The number of nitrogens with zero attached hydrogens (tertiary/aromatic N) is 1. The second-order valence-electron chi connectivity index (χ2n) is 3.75. The summed E-state index contributed by atoms with van der Waals surface area (Å²) in [6.07, 6.45) is 4.67. The third-order valence-electron chi connectivity index (χ3n) is 2.55. The molecule has 1 fully saturated rings. The van der Waals surface area contributed by atoms with E-state index in [-0.39, 0.29) is 6.54 Å². The molecule has 0 aliphatic heterocycles. The molecule has 0 spiro atoms. The van der Waals surface area contributed by atoms with Gasteiger partial charge in [0.1, 0.15) is 0 Å². The minimum Gasteiger partial charge on any atom is -0.480 e. The molecule has 1 N–H and O–H groups in total. The summed E-state index contributed by atoms with van der Waals surface area (Å²) in [6, 6.07) is 0.431. The maximum Gasteiger partial charge on any atom is 0.317 e. The number of aliphatic carboxylic acids is 1. The van der Waals surface area contributed by atoms with E-state index in [2.05, 4.69) is 22.5 Å². The van der Waals surface area contributed by atoms with Gasteiger partial charge in [-0.3, -0.25) is 9.69 Å². The van der Waals surface area contributed by atoms with Gasteiger partial charge in [0.15, 0.2) is 0 Å². The SMILES string of the molecule is C=C(Br)CN(CC(=O)O)C1CCCC1. The quantitative estimate of drug-likeness (QED) is 0.825. The summed E-state index contributed by atoms with van der Waals surface area (Å²) >= 11 is 3.28. The maximum absolute atomic E-state index is 10.7. The van der Waals surface area contributed by atoms with Crippen molar-refractivity contribution in [2.45, 2.75) is 31.7 Å². The summed E-state index contributed by atoms with van der Waals surface area (Å²) in [5.74, 6) is -0.759. The Bertz CT molecular complexity index is 208. The Morgan fingerprint density at radius 3 is 2.43 bits per heavy atom. The van der Waals surface area contributed by atoms with Crippen LogP contribution in [0.25, 0.3) is 0 Å². The van der Waals surface area contributed by atoms with E-state index in [0.717, 1.165) is 17.3 Å². The van der Waals surface area contributed by atoms with Crippen molar-refractivity contribution in [2.75, 3.05) is 13.1 Å². The number of carboxylic acids is 1. The van der Waals surface area contributed by atoms with Crippen molar-refractivity contribution >= 4 is 21.9 Å². The minimum absolute atomic E-state index is 0.120. The monoisotopic (exact) mass is 261 g/mol. The first-order valence-corrected chi connectivity index (χ1v) is 5.68. The number of hydrogen-bond donors (Lipinski definition) is 1.